The SMILES string of the molecule is Cc1ncc(S(C)(=O)=O)c(N2CCC[C@H](C(=O)c3cccnc3)C2)n1. The van der Waals surface area contributed by atoms with Crippen molar-refractivity contribution in [1.82, 2.24) is 15.0 Å². The van der Waals surface area contributed by atoms with E-state index < -0.39 is 9.84 Å². The number of pyridine rings is 1. The van der Waals surface area contributed by atoms with Crippen molar-refractivity contribution in [2.24, 2.45) is 5.92 Å². The van der Waals surface area contributed by atoms with Gasteiger partial charge in [-0.3, -0.25) is 9.78 Å². The second-order valence-electron chi connectivity index (χ2n) is 6.27. The Morgan fingerprint density at radius 2 is 2.12 bits per heavy atom. The predicted molar refractivity (Wildman–Crippen MR) is 93.4 cm³/mol. The summed E-state index contributed by atoms with van der Waals surface area (Å²) in [5.41, 5.74) is 0.580. The Morgan fingerprint density at radius 3 is 2.80 bits per heavy atom. The number of carbonyl (C=O) groups excluding carboxylic acids is 1. The fourth-order valence-corrected chi connectivity index (χ4v) is 3.81. The van der Waals surface area contributed by atoms with Crippen molar-refractivity contribution in [1.29, 1.82) is 0 Å². The van der Waals surface area contributed by atoms with Crippen LogP contribution in [0.2, 0.25) is 0 Å². The van der Waals surface area contributed by atoms with Crippen LogP contribution in [0.4, 0.5) is 5.82 Å². The van der Waals surface area contributed by atoms with E-state index in [-0.39, 0.29) is 16.6 Å². The zero-order chi connectivity index (χ0) is 18.0. The molecule has 0 aliphatic carbocycles. The number of ketones is 1. The lowest BCUT2D eigenvalue weighted by molar-refractivity contribution is 0.0906. The zero-order valence-electron chi connectivity index (χ0n) is 14.2. The van der Waals surface area contributed by atoms with Gasteiger partial charge in [0.2, 0.25) is 0 Å². The van der Waals surface area contributed by atoms with Crippen molar-refractivity contribution in [3.05, 3.63) is 42.1 Å². The molecule has 0 amide bonds. The first-order valence-electron chi connectivity index (χ1n) is 8.09. The van der Waals surface area contributed by atoms with Crippen LogP contribution in [0.25, 0.3) is 0 Å². The number of aromatic nitrogens is 3. The van der Waals surface area contributed by atoms with Gasteiger partial charge in [-0.1, -0.05) is 0 Å². The highest BCUT2D eigenvalue weighted by Gasteiger charge is 2.30. The molecule has 0 radical (unpaired) electrons. The van der Waals surface area contributed by atoms with Crippen molar-refractivity contribution in [3.8, 4) is 0 Å². The molecule has 0 spiro atoms. The minimum absolute atomic E-state index is 0.0319. The predicted octanol–water partition coefficient (Wildman–Crippen LogP) is 1.68. The summed E-state index contributed by atoms with van der Waals surface area (Å²) in [6.45, 7) is 2.82. The molecule has 8 heteroatoms. The molecular weight excluding hydrogens is 340 g/mol. The van der Waals surface area contributed by atoms with Crippen LogP contribution in [0.5, 0.6) is 0 Å². The van der Waals surface area contributed by atoms with E-state index in [0.29, 0.717) is 30.3 Å². The van der Waals surface area contributed by atoms with Crippen LogP contribution in [0.15, 0.2) is 35.6 Å². The summed E-state index contributed by atoms with van der Waals surface area (Å²) in [7, 11) is -3.45. The molecule has 7 nitrogen and oxygen atoms in total. The first-order valence-corrected chi connectivity index (χ1v) is 9.98. The Bertz CT molecular complexity index is 884. The van der Waals surface area contributed by atoms with Gasteiger partial charge in [-0.25, -0.2) is 18.4 Å². The van der Waals surface area contributed by atoms with E-state index >= 15 is 0 Å². The molecule has 1 fully saturated rings. The summed E-state index contributed by atoms with van der Waals surface area (Å²) in [5.74, 6) is 0.715. The summed E-state index contributed by atoms with van der Waals surface area (Å²) in [6.07, 6.45) is 7.25. The Hall–Kier alpha value is -2.35. The third kappa shape index (κ3) is 3.84. The van der Waals surface area contributed by atoms with Crippen molar-refractivity contribution in [2.75, 3.05) is 24.2 Å². The van der Waals surface area contributed by atoms with Crippen LogP contribution in [0, 0.1) is 12.8 Å². The lowest BCUT2D eigenvalue weighted by Crippen LogP contribution is -2.40. The van der Waals surface area contributed by atoms with Crippen LogP contribution < -0.4 is 4.90 Å². The average molecular weight is 360 g/mol. The van der Waals surface area contributed by atoms with Gasteiger partial charge in [0.15, 0.2) is 21.4 Å². The first kappa shape index (κ1) is 17.5. The Morgan fingerprint density at radius 1 is 1.32 bits per heavy atom. The van der Waals surface area contributed by atoms with Crippen LogP contribution in [-0.4, -0.2) is 48.5 Å². The number of carbonyl (C=O) groups is 1. The van der Waals surface area contributed by atoms with Gasteiger partial charge in [-0.05, 0) is 31.9 Å². The fourth-order valence-electron chi connectivity index (χ4n) is 3.06. The van der Waals surface area contributed by atoms with Crippen molar-refractivity contribution >= 4 is 21.4 Å². The highest BCUT2D eigenvalue weighted by molar-refractivity contribution is 7.90. The molecule has 3 heterocycles. The van der Waals surface area contributed by atoms with Crippen LogP contribution in [0.1, 0.15) is 29.0 Å². The van der Waals surface area contributed by atoms with E-state index in [1.807, 2.05) is 4.90 Å². The van der Waals surface area contributed by atoms with Crippen LogP contribution >= 0.6 is 0 Å². The molecule has 3 rings (SSSR count). The topological polar surface area (TPSA) is 93.1 Å². The molecule has 1 saturated heterocycles. The number of Topliss-reactive ketones (excluding diaryl/α,β-unsaturated/α-hetero) is 1. The number of sulfone groups is 1. The van der Waals surface area contributed by atoms with Gasteiger partial charge in [0, 0.05) is 43.2 Å². The van der Waals surface area contributed by atoms with Gasteiger partial charge in [0.05, 0.1) is 6.20 Å². The smallest absolute Gasteiger partial charge is 0.180 e. The quantitative estimate of drug-likeness (QED) is 0.766. The second kappa shape index (κ2) is 6.87. The molecule has 25 heavy (non-hydrogen) atoms. The number of hydrogen-bond acceptors (Lipinski definition) is 7. The Labute approximate surface area is 147 Å². The van der Waals surface area contributed by atoms with Gasteiger partial charge < -0.3 is 4.90 Å². The summed E-state index contributed by atoms with van der Waals surface area (Å²) in [6, 6.07) is 3.49. The molecule has 1 atom stereocenters. The summed E-state index contributed by atoms with van der Waals surface area (Å²) >= 11 is 0. The van der Waals surface area contributed by atoms with Gasteiger partial charge >= 0.3 is 0 Å². The molecule has 0 saturated carbocycles. The number of nitrogens with zero attached hydrogens (tertiary/aromatic N) is 4. The van der Waals surface area contributed by atoms with Gasteiger partial charge in [0.1, 0.15) is 10.7 Å². The van der Waals surface area contributed by atoms with Crippen LogP contribution in [-0.2, 0) is 9.84 Å². The highest BCUT2D eigenvalue weighted by Crippen LogP contribution is 2.28. The largest absolute Gasteiger partial charge is 0.355 e. The van der Waals surface area contributed by atoms with E-state index in [4.69, 9.17) is 0 Å². The Kier molecular flexibility index (Phi) is 4.80. The molecule has 132 valence electrons. The van der Waals surface area contributed by atoms with E-state index in [2.05, 4.69) is 15.0 Å². The normalized spacial score (nSPS) is 18.2. The summed E-state index contributed by atoms with van der Waals surface area (Å²) in [5, 5.41) is 0. The van der Waals surface area contributed by atoms with E-state index in [0.717, 1.165) is 19.1 Å². The standard InChI is InChI=1S/C17H20N4O3S/c1-12-19-10-15(25(2,23)24)17(20-12)21-8-4-6-14(11-21)16(22)13-5-3-7-18-9-13/h3,5,7,9-10,14H,4,6,8,11H2,1-2H3/t14-/m0/s1. The van der Waals surface area contributed by atoms with Gasteiger partial charge in [-0.2, -0.15) is 0 Å². The minimum Gasteiger partial charge on any atom is -0.355 e. The molecule has 0 aromatic carbocycles. The lowest BCUT2D eigenvalue weighted by atomic mass is 9.90. The van der Waals surface area contributed by atoms with E-state index in [9.17, 15) is 13.2 Å². The number of rotatable bonds is 4. The lowest BCUT2D eigenvalue weighted by Gasteiger charge is -2.33. The molecule has 2 aromatic rings. The third-order valence-corrected chi connectivity index (χ3v) is 5.38. The second-order valence-corrected chi connectivity index (χ2v) is 8.25. The van der Waals surface area contributed by atoms with E-state index in [1.165, 1.54) is 6.20 Å². The number of hydrogen-bond donors (Lipinski definition) is 0. The maximum Gasteiger partial charge on any atom is 0.180 e. The number of piperidine rings is 1. The summed E-state index contributed by atoms with van der Waals surface area (Å²) in [4.78, 5) is 27.0. The van der Waals surface area contributed by atoms with Crippen molar-refractivity contribution < 1.29 is 13.2 Å². The zero-order valence-corrected chi connectivity index (χ0v) is 15.0. The van der Waals surface area contributed by atoms with E-state index in [1.54, 1.807) is 31.5 Å². The van der Waals surface area contributed by atoms with Gasteiger partial charge in [0.25, 0.3) is 0 Å². The first-order chi connectivity index (χ1) is 11.9. The highest BCUT2D eigenvalue weighted by atomic mass is 32.2. The Balaban J connectivity index is 1.90. The number of anilines is 1. The molecule has 0 N–H and O–H groups in total. The maximum absolute atomic E-state index is 12.7. The molecule has 1 aliphatic rings. The molecule has 2 aromatic heterocycles. The monoisotopic (exact) mass is 360 g/mol. The summed E-state index contributed by atoms with van der Waals surface area (Å²) < 4.78 is 24.1. The fraction of sp³-hybridized carbons (Fsp3) is 0.412. The average Bonchev–Trinajstić information content (AvgIpc) is 2.61. The number of aryl methyl sites for hydroxylation is 1. The molecule has 1 aliphatic heterocycles. The van der Waals surface area contributed by atoms with Crippen molar-refractivity contribution in [2.45, 2.75) is 24.7 Å². The maximum atomic E-state index is 12.7. The van der Waals surface area contributed by atoms with Crippen LogP contribution in [0.3, 0.4) is 0 Å². The van der Waals surface area contributed by atoms with Crippen molar-refractivity contribution in [3.63, 3.8) is 0 Å². The molecular formula is C17H20N4O3S. The minimum atomic E-state index is -3.45. The molecule has 0 unspecified atom stereocenters. The molecule has 0 bridgehead atoms. The van der Waals surface area contributed by atoms with Gasteiger partial charge in [-0.15, -0.1) is 0 Å². The third-order valence-electron chi connectivity index (χ3n) is 4.29.